The van der Waals surface area contributed by atoms with Crippen LogP contribution in [0.15, 0.2) is 11.6 Å². The van der Waals surface area contributed by atoms with Crippen LogP contribution in [0.5, 0.6) is 0 Å². The van der Waals surface area contributed by atoms with Crippen LogP contribution in [0.3, 0.4) is 0 Å². The standard InChI is InChI=1S/C10H18/c1-4-10-7-8(2)5-6-9(10)3/h5,9-10H,4,6-7H2,1-3H3. The first-order chi connectivity index (χ1) is 4.74. The van der Waals surface area contributed by atoms with Gasteiger partial charge < -0.3 is 0 Å². The monoisotopic (exact) mass is 138 g/mol. The fourth-order valence-electron chi connectivity index (χ4n) is 1.82. The van der Waals surface area contributed by atoms with Gasteiger partial charge in [0.1, 0.15) is 0 Å². The van der Waals surface area contributed by atoms with E-state index in [9.17, 15) is 0 Å². The Hall–Kier alpha value is -0.260. The van der Waals surface area contributed by atoms with E-state index in [1.807, 2.05) is 0 Å². The second kappa shape index (κ2) is 3.23. The second-order valence-corrected chi connectivity index (χ2v) is 3.64. The van der Waals surface area contributed by atoms with Gasteiger partial charge in [0, 0.05) is 0 Å². The van der Waals surface area contributed by atoms with E-state index in [4.69, 9.17) is 0 Å². The molecule has 0 radical (unpaired) electrons. The quantitative estimate of drug-likeness (QED) is 0.487. The van der Waals surface area contributed by atoms with Gasteiger partial charge in [-0.05, 0) is 31.6 Å². The van der Waals surface area contributed by atoms with E-state index in [0.717, 1.165) is 11.8 Å². The average molecular weight is 138 g/mol. The summed E-state index contributed by atoms with van der Waals surface area (Å²) in [5.41, 5.74) is 1.60. The summed E-state index contributed by atoms with van der Waals surface area (Å²) in [6.45, 7) is 6.94. The maximum absolute atomic E-state index is 2.40. The number of hydrogen-bond acceptors (Lipinski definition) is 0. The average Bonchev–Trinajstić information content (AvgIpc) is 1.94. The second-order valence-electron chi connectivity index (χ2n) is 3.64. The summed E-state index contributed by atoms with van der Waals surface area (Å²) < 4.78 is 0. The predicted octanol–water partition coefficient (Wildman–Crippen LogP) is 3.39. The minimum absolute atomic E-state index is 0.925. The topological polar surface area (TPSA) is 0 Å². The highest BCUT2D eigenvalue weighted by atomic mass is 14.2. The van der Waals surface area contributed by atoms with Gasteiger partial charge >= 0.3 is 0 Å². The molecule has 2 atom stereocenters. The van der Waals surface area contributed by atoms with Crippen LogP contribution in [0.1, 0.15) is 40.0 Å². The molecule has 1 rings (SSSR count). The normalized spacial score (nSPS) is 33.7. The largest absolute Gasteiger partial charge is 0.0853 e. The summed E-state index contributed by atoms with van der Waals surface area (Å²) in [7, 11) is 0. The zero-order valence-corrected chi connectivity index (χ0v) is 7.35. The molecule has 1 aliphatic carbocycles. The maximum atomic E-state index is 2.40. The van der Waals surface area contributed by atoms with Crippen molar-refractivity contribution in [1.82, 2.24) is 0 Å². The van der Waals surface area contributed by atoms with Crippen LogP contribution in [0.2, 0.25) is 0 Å². The molecule has 58 valence electrons. The lowest BCUT2D eigenvalue weighted by molar-refractivity contribution is 0.330. The Labute approximate surface area is 64.3 Å². The minimum Gasteiger partial charge on any atom is -0.0853 e. The van der Waals surface area contributed by atoms with Crippen LogP contribution < -0.4 is 0 Å². The molecule has 0 nitrogen and oxygen atoms in total. The third kappa shape index (κ3) is 1.62. The first-order valence-corrected chi connectivity index (χ1v) is 4.39. The highest BCUT2D eigenvalue weighted by molar-refractivity contribution is 5.04. The Morgan fingerprint density at radius 1 is 1.60 bits per heavy atom. The number of allylic oxidation sites excluding steroid dienone is 2. The third-order valence-electron chi connectivity index (χ3n) is 2.75. The van der Waals surface area contributed by atoms with Crippen LogP contribution in [0.4, 0.5) is 0 Å². The predicted molar refractivity (Wildman–Crippen MR) is 45.9 cm³/mol. The van der Waals surface area contributed by atoms with E-state index in [2.05, 4.69) is 26.8 Å². The summed E-state index contributed by atoms with van der Waals surface area (Å²) in [4.78, 5) is 0. The van der Waals surface area contributed by atoms with Gasteiger partial charge in [-0.1, -0.05) is 31.9 Å². The summed E-state index contributed by atoms with van der Waals surface area (Å²) in [6, 6.07) is 0. The van der Waals surface area contributed by atoms with Crippen molar-refractivity contribution < 1.29 is 0 Å². The van der Waals surface area contributed by atoms with Gasteiger partial charge in [-0.15, -0.1) is 0 Å². The first kappa shape index (κ1) is 7.84. The Morgan fingerprint density at radius 2 is 2.30 bits per heavy atom. The van der Waals surface area contributed by atoms with Crippen molar-refractivity contribution in [2.24, 2.45) is 11.8 Å². The molecule has 0 fully saturated rings. The van der Waals surface area contributed by atoms with Gasteiger partial charge in [0.25, 0.3) is 0 Å². The van der Waals surface area contributed by atoms with Crippen molar-refractivity contribution in [2.75, 3.05) is 0 Å². The molecule has 0 aromatic rings. The molecule has 0 spiro atoms. The zero-order chi connectivity index (χ0) is 7.56. The van der Waals surface area contributed by atoms with E-state index in [0.29, 0.717) is 0 Å². The first-order valence-electron chi connectivity index (χ1n) is 4.39. The molecule has 2 unspecified atom stereocenters. The number of rotatable bonds is 1. The molecule has 0 bridgehead atoms. The van der Waals surface area contributed by atoms with Crippen LogP contribution in [-0.2, 0) is 0 Å². The smallest absolute Gasteiger partial charge is 0.0292 e. The number of hydrogen-bond donors (Lipinski definition) is 0. The minimum atomic E-state index is 0.925. The van der Waals surface area contributed by atoms with Crippen molar-refractivity contribution in [2.45, 2.75) is 40.0 Å². The summed E-state index contributed by atoms with van der Waals surface area (Å²) >= 11 is 0. The van der Waals surface area contributed by atoms with Crippen LogP contribution in [0.25, 0.3) is 0 Å². The molecule has 1 aliphatic rings. The summed E-state index contributed by atoms with van der Waals surface area (Å²) in [5.74, 6) is 1.89. The molecule has 0 aromatic carbocycles. The summed E-state index contributed by atoms with van der Waals surface area (Å²) in [5, 5.41) is 0. The highest BCUT2D eigenvalue weighted by Crippen LogP contribution is 2.30. The van der Waals surface area contributed by atoms with E-state index in [-0.39, 0.29) is 0 Å². The lowest BCUT2D eigenvalue weighted by atomic mass is 9.80. The SMILES string of the molecule is CCC1CC(C)=CCC1C. The Bertz CT molecular complexity index is 133. The van der Waals surface area contributed by atoms with Gasteiger partial charge in [-0.25, -0.2) is 0 Å². The van der Waals surface area contributed by atoms with Crippen LogP contribution >= 0.6 is 0 Å². The molecular formula is C10H18. The van der Waals surface area contributed by atoms with Crippen molar-refractivity contribution in [3.63, 3.8) is 0 Å². The Kier molecular flexibility index (Phi) is 2.53. The van der Waals surface area contributed by atoms with Crippen molar-refractivity contribution >= 4 is 0 Å². The Balaban J connectivity index is 2.53. The molecule has 0 saturated heterocycles. The molecular weight excluding hydrogens is 120 g/mol. The lowest BCUT2D eigenvalue weighted by Crippen LogP contribution is -2.14. The van der Waals surface area contributed by atoms with Crippen molar-refractivity contribution in [3.8, 4) is 0 Å². The summed E-state index contributed by atoms with van der Waals surface area (Å²) in [6.07, 6.45) is 6.41. The van der Waals surface area contributed by atoms with Gasteiger partial charge in [-0.3, -0.25) is 0 Å². The van der Waals surface area contributed by atoms with Gasteiger partial charge in [0.15, 0.2) is 0 Å². The van der Waals surface area contributed by atoms with E-state index < -0.39 is 0 Å². The molecule has 0 aliphatic heterocycles. The van der Waals surface area contributed by atoms with Gasteiger partial charge in [0.05, 0.1) is 0 Å². The highest BCUT2D eigenvalue weighted by Gasteiger charge is 2.18. The van der Waals surface area contributed by atoms with Gasteiger partial charge in [0.2, 0.25) is 0 Å². The zero-order valence-electron chi connectivity index (χ0n) is 7.35. The third-order valence-corrected chi connectivity index (χ3v) is 2.75. The molecule has 0 amide bonds. The molecule has 10 heavy (non-hydrogen) atoms. The molecule has 0 saturated carbocycles. The lowest BCUT2D eigenvalue weighted by Gasteiger charge is -2.26. The van der Waals surface area contributed by atoms with Crippen molar-refractivity contribution in [1.29, 1.82) is 0 Å². The van der Waals surface area contributed by atoms with E-state index in [1.165, 1.54) is 19.3 Å². The maximum Gasteiger partial charge on any atom is -0.0292 e. The van der Waals surface area contributed by atoms with Crippen LogP contribution in [-0.4, -0.2) is 0 Å². The Morgan fingerprint density at radius 3 is 2.80 bits per heavy atom. The van der Waals surface area contributed by atoms with Crippen LogP contribution in [0, 0.1) is 11.8 Å². The fraction of sp³-hybridized carbons (Fsp3) is 0.800. The molecule has 0 heteroatoms. The molecule has 0 aromatic heterocycles. The van der Waals surface area contributed by atoms with E-state index >= 15 is 0 Å². The molecule has 0 heterocycles. The molecule has 0 N–H and O–H groups in total. The fourth-order valence-corrected chi connectivity index (χ4v) is 1.82. The van der Waals surface area contributed by atoms with E-state index in [1.54, 1.807) is 5.57 Å². The van der Waals surface area contributed by atoms with Gasteiger partial charge in [-0.2, -0.15) is 0 Å². The van der Waals surface area contributed by atoms with Crippen molar-refractivity contribution in [3.05, 3.63) is 11.6 Å².